The maximum absolute atomic E-state index is 9.90. The molecule has 0 saturated heterocycles. The van der Waals surface area contributed by atoms with Crippen molar-refractivity contribution < 1.29 is 9.53 Å². The van der Waals surface area contributed by atoms with E-state index in [0.29, 0.717) is 13.0 Å². The highest BCUT2D eigenvalue weighted by Gasteiger charge is 1.98. The SMILES string of the molecule is CC(/C=N\NC=O)OCc1ccccc1. The van der Waals surface area contributed by atoms with Crippen LogP contribution >= 0.6 is 0 Å². The van der Waals surface area contributed by atoms with E-state index in [0.717, 1.165) is 5.56 Å². The third-order valence-corrected chi connectivity index (χ3v) is 1.77. The normalized spacial score (nSPS) is 12.6. The van der Waals surface area contributed by atoms with E-state index in [1.165, 1.54) is 6.21 Å². The lowest BCUT2D eigenvalue weighted by Crippen LogP contribution is -2.12. The first-order chi connectivity index (χ1) is 7.33. The number of hydrazone groups is 1. The zero-order valence-corrected chi connectivity index (χ0v) is 8.59. The minimum Gasteiger partial charge on any atom is -0.368 e. The molecule has 1 atom stereocenters. The molecule has 80 valence electrons. The fourth-order valence-electron chi connectivity index (χ4n) is 1.02. The molecule has 0 aliphatic heterocycles. The number of benzene rings is 1. The summed E-state index contributed by atoms with van der Waals surface area (Å²) in [7, 11) is 0. The standard InChI is InChI=1S/C11H14N2O2/c1-10(7-12-13-9-14)15-8-11-5-3-2-4-6-11/h2-7,9-10H,8H2,1H3,(H,13,14)/b12-7-. The number of ether oxygens (including phenoxy) is 1. The number of amides is 1. The Balaban J connectivity index is 2.28. The van der Waals surface area contributed by atoms with E-state index in [9.17, 15) is 4.79 Å². The molecule has 0 fully saturated rings. The summed E-state index contributed by atoms with van der Waals surface area (Å²) in [5.74, 6) is 0. The summed E-state index contributed by atoms with van der Waals surface area (Å²) in [5, 5.41) is 3.63. The second kappa shape index (κ2) is 6.73. The first kappa shape index (κ1) is 11.4. The summed E-state index contributed by atoms with van der Waals surface area (Å²) in [5.41, 5.74) is 3.30. The fourth-order valence-corrected chi connectivity index (χ4v) is 1.02. The van der Waals surface area contributed by atoms with Crippen LogP contribution in [0.15, 0.2) is 35.4 Å². The number of hydrogen-bond acceptors (Lipinski definition) is 3. The van der Waals surface area contributed by atoms with E-state index in [-0.39, 0.29) is 6.10 Å². The molecule has 0 heterocycles. The van der Waals surface area contributed by atoms with Crippen LogP contribution in [0.1, 0.15) is 12.5 Å². The van der Waals surface area contributed by atoms with Crippen LogP contribution in [-0.4, -0.2) is 18.7 Å². The Morgan fingerprint density at radius 3 is 2.87 bits per heavy atom. The molecule has 0 bridgehead atoms. The number of hydrogen-bond donors (Lipinski definition) is 1. The van der Waals surface area contributed by atoms with Crippen molar-refractivity contribution in [2.24, 2.45) is 5.10 Å². The zero-order chi connectivity index (χ0) is 10.9. The fraction of sp³-hybridized carbons (Fsp3) is 0.273. The second-order valence-corrected chi connectivity index (χ2v) is 3.03. The minimum absolute atomic E-state index is 0.127. The molecule has 1 rings (SSSR count). The van der Waals surface area contributed by atoms with E-state index in [1.54, 1.807) is 0 Å². The molecular formula is C11H14N2O2. The van der Waals surface area contributed by atoms with Crippen molar-refractivity contribution in [1.82, 2.24) is 5.43 Å². The Hall–Kier alpha value is -1.68. The van der Waals surface area contributed by atoms with Gasteiger partial charge in [0, 0.05) is 0 Å². The second-order valence-electron chi connectivity index (χ2n) is 3.03. The first-order valence-electron chi connectivity index (χ1n) is 4.71. The van der Waals surface area contributed by atoms with Crippen molar-refractivity contribution in [2.75, 3.05) is 0 Å². The third-order valence-electron chi connectivity index (χ3n) is 1.77. The molecule has 0 aliphatic carbocycles. The number of rotatable bonds is 6. The molecule has 0 saturated carbocycles. The van der Waals surface area contributed by atoms with Gasteiger partial charge in [-0.3, -0.25) is 4.79 Å². The van der Waals surface area contributed by atoms with Crippen LogP contribution < -0.4 is 5.43 Å². The van der Waals surface area contributed by atoms with Gasteiger partial charge in [0.2, 0.25) is 6.41 Å². The van der Waals surface area contributed by atoms with E-state index in [2.05, 4.69) is 10.5 Å². The molecule has 4 heteroatoms. The molecule has 0 aromatic heterocycles. The van der Waals surface area contributed by atoms with Crippen molar-refractivity contribution in [3.63, 3.8) is 0 Å². The lowest BCUT2D eigenvalue weighted by molar-refractivity contribution is -0.109. The highest BCUT2D eigenvalue weighted by Crippen LogP contribution is 2.01. The Kier molecular flexibility index (Phi) is 5.11. The lowest BCUT2D eigenvalue weighted by Gasteiger charge is -2.07. The van der Waals surface area contributed by atoms with Crippen molar-refractivity contribution in [3.05, 3.63) is 35.9 Å². The van der Waals surface area contributed by atoms with Gasteiger partial charge in [-0.2, -0.15) is 5.10 Å². The van der Waals surface area contributed by atoms with Crippen LogP contribution in [0, 0.1) is 0 Å². The van der Waals surface area contributed by atoms with Crippen molar-refractivity contribution in [1.29, 1.82) is 0 Å². The van der Waals surface area contributed by atoms with Gasteiger partial charge >= 0.3 is 0 Å². The Labute approximate surface area is 88.9 Å². The maximum Gasteiger partial charge on any atom is 0.227 e. The van der Waals surface area contributed by atoms with E-state index < -0.39 is 0 Å². The summed E-state index contributed by atoms with van der Waals surface area (Å²) < 4.78 is 5.47. The number of nitrogens with zero attached hydrogens (tertiary/aromatic N) is 1. The average Bonchev–Trinajstić information content (AvgIpc) is 2.28. The van der Waals surface area contributed by atoms with Crippen LogP contribution in [0.3, 0.4) is 0 Å². The molecule has 1 aromatic carbocycles. The Morgan fingerprint density at radius 1 is 1.47 bits per heavy atom. The Bertz CT molecular complexity index is 312. The lowest BCUT2D eigenvalue weighted by atomic mass is 10.2. The predicted octanol–water partition coefficient (Wildman–Crippen LogP) is 1.32. The average molecular weight is 206 g/mol. The molecule has 0 aliphatic rings. The molecule has 1 amide bonds. The number of carbonyl (C=O) groups is 1. The van der Waals surface area contributed by atoms with E-state index >= 15 is 0 Å². The zero-order valence-electron chi connectivity index (χ0n) is 8.59. The van der Waals surface area contributed by atoms with Gasteiger partial charge in [0.1, 0.15) is 0 Å². The smallest absolute Gasteiger partial charge is 0.227 e. The molecule has 0 spiro atoms. The van der Waals surface area contributed by atoms with Crippen LogP contribution in [0.4, 0.5) is 0 Å². The molecule has 4 nitrogen and oxygen atoms in total. The van der Waals surface area contributed by atoms with Gasteiger partial charge in [0.15, 0.2) is 0 Å². The van der Waals surface area contributed by atoms with Gasteiger partial charge in [-0.25, -0.2) is 5.43 Å². The molecule has 1 unspecified atom stereocenters. The van der Waals surface area contributed by atoms with Gasteiger partial charge < -0.3 is 4.74 Å². The highest BCUT2D eigenvalue weighted by molar-refractivity contribution is 5.63. The van der Waals surface area contributed by atoms with Gasteiger partial charge in [0.05, 0.1) is 18.9 Å². The molecule has 1 N–H and O–H groups in total. The number of carbonyl (C=O) groups excluding carboxylic acids is 1. The Morgan fingerprint density at radius 2 is 2.20 bits per heavy atom. The summed E-state index contributed by atoms with van der Waals surface area (Å²) in [6, 6.07) is 9.88. The van der Waals surface area contributed by atoms with Gasteiger partial charge in [-0.15, -0.1) is 0 Å². The third kappa shape index (κ3) is 4.93. The van der Waals surface area contributed by atoms with Gasteiger partial charge in [0.25, 0.3) is 0 Å². The monoisotopic (exact) mass is 206 g/mol. The van der Waals surface area contributed by atoms with Crippen molar-refractivity contribution in [3.8, 4) is 0 Å². The van der Waals surface area contributed by atoms with Crippen LogP contribution in [-0.2, 0) is 16.1 Å². The largest absolute Gasteiger partial charge is 0.368 e. The summed E-state index contributed by atoms with van der Waals surface area (Å²) in [6.07, 6.45) is 1.93. The summed E-state index contributed by atoms with van der Waals surface area (Å²) >= 11 is 0. The van der Waals surface area contributed by atoms with Gasteiger partial charge in [-0.05, 0) is 12.5 Å². The quantitative estimate of drug-likeness (QED) is 0.433. The van der Waals surface area contributed by atoms with E-state index in [4.69, 9.17) is 4.74 Å². The first-order valence-corrected chi connectivity index (χ1v) is 4.71. The topological polar surface area (TPSA) is 50.7 Å². The summed E-state index contributed by atoms with van der Waals surface area (Å²) in [4.78, 5) is 9.90. The highest BCUT2D eigenvalue weighted by atomic mass is 16.5. The van der Waals surface area contributed by atoms with Crippen LogP contribution in [0.2, 0.25) is 0 Å². The predicted molar refractivity (Wildman–Crippen MR) is 58.4 cm³/mol. The molecule has 1 aromatic rings. The minimum atomic E-state index is -0.127. The molecular weight excluding hydrogens is 192 g/mol. The molecule has 0 radical (unpaired) electrons. The van der Waals surface area contributed by atoms with Crippen molar-refractivity contribution in [2.45, 2.75) is 19.6 Å². The summed E-state index contributed by atoms with van der Waals surface area (Å²) in [6.45, 7) is 2.40. The van der Waals surface area contributed by atoms with Crippen molar-refractivity contribution >= 4 is 12.6 Å². The number of nitrogens with one attached hydrogen (secondary N) is 1. The van der Waals surface area contributed by atoms with Gasteiger partial charge in [-0.1, -0.05) is 30.3 Å². The van der Waals surface area contributed by atoms with E-state index in [1.807, 2.05) is 37.3 Å². The molecule has 15 heavy (non-hydrogen) atoms. The van der Waals surface area contributed by atoms with Crippen LogP contribution in [0.25, 0.3) is 0 Å². The van der Waals surface area contributed by atoms with Crippen LogP contribution in [0.5, 0.6) is 0 Å². The maximum atomic E-state index is 9.90.